The second-order valence-electron chi connectivity index (χ2n) is 7.57. The maximum atomic E-state index is 10.2. The number of aromatic nitrogens is 4. The molecule has 0 amide bonds. The molecule has 0 spiro atoms. The average Bonchev–Trinajstić information content (AvgIpc) is 3.42. The average molecular weight is 455 g/mol. The summed E-state index contributed by atoms with van der Waals surface area (Å²) in [6.07, 6.45) is 11.6. The van der Waals surface area contributed by atoms with Crippen LogP contribution in [0.4, 0.5) is 0 Å². The fourth-order valence-electron chi connectivity index (χ4n) is 3.83. The summed E-state index contributed by atoms with van der Waals surface area (Å²) in [6.45, 7) is 0.961. The molecule has 0 radical (unpaired) electrons. The zero-order valence-corrected chi connectivity index (χ0v) is 18.0. The Hall–Kier alpha value is -2.64. The number of aliphatic hydroxyl groups excluding tert-OH is 1. The highest BCUT2D eigenvalue weighted by atomic mass is 35.5. The lowest BCUT2D eigenvalue weighted by atomic mass is 10.1. The maximum Gasteiger partial charge on any atom is 0.137 e. The number of H-pyrrole nitrogens is 1. The molecule has 31 heavy (non-hydrogen) atoms. The molecule has 5 rings (SSSR count). The first-order valence-electron chi connectivity index (χ1n) is 9.99. The summed E-state index contributed by atoms with van der Waals surface area (Å²) in [4.78, 5) is 7.76. The molecule has 4 heterocycles. The number of aromatic amines is 1. The van der Waals surface area contributed by atoms with Crippen molar-refractivity contribution in [3.05, 3.63) is 70.2 Å². The monoisotopic (exact) mass is 454 g/mol. The number of nitrogens with zero attached hydrogens (tertiary/aromatic N) is 3. The molecule has 0 aliphatic carbocycles. The third kappa shape index (κ3) is 4.12. The molecular weight excluding hydrogens is 435 g/mol. The molecule has 1 aromatic carbocycles. The summed E-state index contributed by atoms with van der Waals surface area (Å²) in [5.41, 5.74) is 4.54. The van der Waals surface area contributed by atoms with Gasteiger partial charge >= 0.3 is 0 Å². The second-order valence-corrected chi connectivity index (χ2v) is 8.41. The largest absolute Gasteiger partial charge is 0.388 e. The molecule has 158 valence electrons. The van der Waals surface area contributed by atoms with Crippen molar-refractivity contribution in [3.8, 4) is 11.1 Å². The number of benzene rings is 1. The molecule has 2 atom stereocenters. The fourth-order valence-corrected chi connectivity index (χ4v) is 4.19. The topological polar surface area (TPSA) is 76.0 Å². The van der Waals surface area contributed by atoms with E-state index in [0.717, 1.165) is 39.7 Å². The minimum Gasteiger partial charge on any atom is -0.388 e. The zero-order valence-electron chi connectivity index (χ0n) is 16.5. The van der Waals surface area contributed by atoms with Crippen LogP contribution in [-0.2, 0) is 4.74 Å². The molecule has 4 aromatic rings. The van der Waals surface area contributed by atoms with E-state index in [9.17, 15) is 5.11 Å². The Labute approximate surface area is 189 Å². The number of aliphatic hydroxyl groups is 1. The lowest BCUT2D eigenvalue weighted by Crippen LogP contribution is -2.34. The van der Waals surface area contributed by atoms with E-state index in [1.165, 1.54) is 0 Å². The van der Waals surface area contributed by atoms with Gasteiger partial charge in [-0.1, -0.05) is 35.4 Å². The molecule has 3 aromatic heterocycles. The number of halogens is 2. The molecule has 6 nitrogen and oxygen atoms in total. The van der Waals surface area contributed by atoms with Crippen molar-refractivity contribution in [1.29, 1.82) is 0 Å². The van der Waals surface area contributed by atoms with E-state index in [-0.39, 0.29) is 6.04 Å². The van der Waals surface area contributed by atoms with Crippen molar-refractivity contribution in [2.45, 2.75) is 18.6 Å². The summed E-state index contributed by atoms with van der Waals surface area (Å²) in [7, 11) is 0. The Morgan fingerprint density at radius 1 is 1.13 bits per heavy atom. The van der Waals surface area contributed by atoms with Crippen molar-refractivity contribution in [2.75, 3.05) is 13.2 Å². The van der Waals surface area contributed by atoms with Crippen molar-refractivity contribution >= 4 is 46.4 Å². The first-order valence-corrected chi connectivity index (χ1v) is 10.7. The van der Waals surface area contributed by atoms with Crippen LogP contribution in [0.1, 0.15) is 23.6 Å². The van der Waals surface area contributed by atoms with Crippen LogP contribution in [0.25, 0.3) is 34.3 Å². The number of fused-ring (bicyclic) bond motifs is 1. The van der Waals surface area contributed by atoms with E-state index in [1.807, 2.05) is 41.5 Å². The molecule has 2 N–H and O–H groups in total. The van der Waals surface area contributed by atoms with Gasteiger partial charge in [-0.05, 0) is 36.2 Å². The van der Waals surface area contributed by atoms with Gasteiger partial charge in [0.15, 0.2) is 0 Å². The predicted octanol–water partition coefficient (Wildman–Crippen LogP) is 5.23. The Balaban J connectivity index is 1.45. The SMILES string of the molecule is OC1COCCC1n1cc(-c2cnc3[nH]cc(C=Cc4cc(Cl)ccc4Cl)c3c2)cn1. The summed E-state index contributed by atoms with van der Waals surface area (Å²) in [5, 5.41) is 17.0. The van der Waals surface area contributed by atoms with Gasteiger partial charge in [0.1, 0.15) is 5.65 Å². The fraction of sp³-hybridized carbons (Fsp3) is 0.217. The van der Waals surface area contributed by atoms with Crippen molar-refractivity contribution in [1.82, 2.24) is 19.7 Å². The third-order valence-corrected chi connectivity index (χ3v) is 6.11. The highest BCUT2D eigenvalue weighted by molar-refractivity contribution is 6.34. The predicted molar refractivity (Wildman–Crippen MR) is 123 cm³/mol. The van der Waals surface area contributed by atoms with E-state index in [0.29, 0.717) is 23.3 Å². The molecule has 2 unspecified atom stereocenters. The van der Waals surface area contributed by atoms with Gasteiger partial charge < -0.3 is 14.8 Å². The van der Waals surface area contributed by atoms with Gasteiger partial charge in [0.05, 0.1) is 24.9 Å². The number of rotatable bonds is 4. The van der Waals surface area contributed by atoms with Crippen LogP contribution in [-0.4, -0.2) is 44.2 Å². The molecular formula is C23H20Cl2N4O2. The van der Waals surface area contributed by atoms with E-state index >= 15 is 0 Å². The standard InChI is InChI=1S/C23H20Cl2N4O2/c24-18-3-4-20(25)14(7-18)1-2-15-9-26-23-19(15)8-16(10-27-23)17-11-28-29(12-17)21-5-6-31-13-22(21)30/h1-4,7-12,21-22,30H,5-6,13H2,(H,26,27). The lowest BCUT2D eigenvalue weighted by Gasteiger charge is -2.27. The number of ether oxygens (including phenoxy) is 1. The molecule has 1 aliphatic rings. The minimum atomic E-state index is -0.554. The zero-order chi connectivity index (χ0) is 21.4. The van der Waals surface area contributed by atoms with Gasteiger partial charge in [-0.25, -0.2) is 4.98 Å². The summed E-state index contributed by atoms with van der Waals surface area (Å²) in [6, 6.07) is 7.39. The molecule has 1 saturated heterocycles. The van der Waals surface area contributed by atoms with Crippen LogP contribution in [0, 0.1) is 0 Å². The van der Waals surface area contributed by atoms with Gasteiger partial charge in [0.2, 0.25) is 0 Å². The first kappa shape index (κ1) is 20.3. The third-order valence-electron chi connectivity index (χ3n) is 5.53. The molecule has 1 fully saturated rings. The molecule has 1 aliphatic heterocycles. The van der Waals surface area contributed by atoms with Gasteiger partial charge in [0, 0.05) is 57.3 Å². The van der Waals surface area contributed by atoms with Gasteiger partial charge in [-0.3, -0.25) is 4.68 Å². The van der Waals surface area contributed by atoms with Crippen LogP contribution in [0.2, 0.25) is 10.0 Å². The number of pyridine rings is 1. The summed E-state index contributed by atoms with van der Waals surface area (Å²) < 4.78 is 7.14. The highest BCUT2D eigenvalue weighted by Crippen LogP contribution is 2.29. The normalized spacial score (nSPS) is 19.5. The Morgan fingerprint density at radius 2 is 2.00 bits per heavy atom. The number of nitrogens with one attached hydrogen (secondary N) is 1. The van der Waals surface area contributed by atoms with Gasteiger partial charge in [0.25, 0.3) is 0 Å². The first-order chi connectivity index (χ1) is 15.1. The van der Waals surface area contributed by atoms with Crippen LogP contribution >= 0.6 is 23.2 Å². The minimum absolute atomic E-state index is 0.0765. The summed E-state index contributed by atoms with van der Waals surface area (Å²) >= 11 is 12.4. The Morgan fingerprint density at radius 3 is 2.87 bits per heavy atom. The van der Waals surface area contributed by atoms with E-state index in [2.05, 4.69) is 21.1 Å². The van der Waals surface area contributed by atoms with Crippen molar-refractivity contribution in [2.24, 2.45) is 0 Å². The summed E-state index contributed by atoms with van der Waals surface area (Å²) in [5.74, 6) is 0. The molecule has 0 bridgehead atoms. The smallest absolute Gasteiger partial charge is 0.137 e. The van der Waals surface area contributed by atoms with E-state index in [1.54, 1.807) is 18.3 Å². The van der Waals surface area contributed by atoms with Crippen LogP contribution < -0.4 is 0 Å². The van der Waals surface area contributed by atoms with Crippen LogP contribution in [0.5, 0.6) is 0 Å². The van der Waals surface area contributed by atoms with Crippen molar-refractivity contribution in [3.63, 3.8) is 0 Å². The molecule has 8 heteroatoms. The van der Waals surface area contributed by atoms with Gasteiger partial charge in [-0.2, -0.15) is 5.10 Å². The molecule has 0 saturated carbocycles. The Bertz CT molecular complexity index is 1260. The Kier molecular flexibility index (Phi) is 5.54. The quantitative estimate of drug-likeness (QED) is 0.442. The maximum absolute atomic E-state index is 10.2. The van der Waals surface area contributed by atoms with Crippen LogP contribution in [0.15, 0.2) is 49.1 Å². The second kappa shape index (κ2) is 8.48. The van der Waals surface area contributed by atoms with E-state index in [4.69, 9.17) is 27.9 Å². The van der Waals surface area contributed by atoms with Crippen LogP contribution in [0.3, 0.4) is 0 Å². The highest BCUT2D eigenvalue weighted by Gasteiger charge is 2.26. The van der Waals surface area contributed by atoms with Gasteiger partial charge in [-0.15, -0.1) is 0 Å². The van der Waals surface area contributed by atoms with Crippen molar-refractivity contribution < 1.29 is 9.84 Å². The number of hydrogen-bond acceptors (Lipinski definition) is 4. The van der Waals surface area contributed by atoms with E-state index < -0.39 is 6.10 Å². The number of hydrogen-bond donors (Lipinski definition) is 2. The lowest BCUT2D eigenvalue weighted by molar-refractivity contribution is -0.0416.